The monoisotopic (exact) mass is 516 g/mol. The van der Waals surface area contributed by atoms with Crippen molar-refractivity contribution in [3.8, 4) is 11.1 Å². The zero-order valence-corrected chi connectivity index (χ0v) is 21.1. The number of nitrogens with zero attached hydrogens (tertiary/aromatic N) is 2. The predicted molar refractivity (Wildman–Crippen MR) is 143 cm³/mol. The number of benzene rings is 2. The summed E-state index contributed by atoms with van der Waals surface area (Å²) in [5, 5.41) is 2.79. The van der Waals surface area contributed by atoms with Gasteiger partial charge in [-0.3, -0.25) is 9.59 Å². The zero-order valence-electron chi connectivity index (χ0n) is 21.1. The molecule has 0 saturated carbocycles. The van der Waals surface area contributed by atoms with Crippen LogP contribution < -0.4 is 5.32 Å². The van der Waals surface area contributed by atoms with Crippen LogP contribution in [0.3, 0.4) is 0 Å². The summed E-state index contributed by atoms with van der Waals surface area (Å²) < 4.78 is 29.3. The zero-order chi connectivity index (χ0) is 26.2. The molecule has 1 unspecified atom stereocenters. The first-order valence-electron chi connectivity index (χ1n) is 13.3. The lowest BCUT2D eigenvalue weighted by Gasteiger charge is -2.34. The summed E-state index contributed by atoms with van der Waals surface area (Å²) >= 11 is 0. The Hall–Kier alpha value is -3.78. The second-order valence-electron chi connectivity index (χ2n) is 10.4. The Labute approximate surface area is 220 Å². The number of carbonyl (C=O) groups excluding carboxylic acids is 2. The highest BCUT2D eigenvalue weighted by molar-refractivity contribution is 6.36. The maximum Gasteiger partial charge on any atom is 0.256 e. The molecule has 1 atom stereocenters. The molecular weight excluding hydrogens is 486 g/mol. The highest BCUT2D eigenvalue weighted by Gasteiger charge is 2.30. The number of rotatable bonds is 5. The molecule has 3 aromatic rings. The maximum absolute atomic E-state index is 14.6. The van der Waals surface area contributed by atoms with E-state index in [-0.39, 0.29) is 23.0 Å². The van der Waals surface area contributed by atoms with E-state index >= 15 is 0 Å². The minimum Gasteiger partial charge on any atom is -0.361 e. The van der Waals surface area contributed by atoms with Crippen molar-refractivity contribution in [3.05, 3.63) is 77.1 Å². The van der Waals surface area contributed by atoms with E-state index in [2.05, 4.69) is 15.2 Å². The fraction of sp³-hybridized carbons (Fsp3) is 0.333. The summed E-state index contributed by atoms with van der Waals surface area (Å²) in [5.41, 5.74) is 2.42. The summed E-state index contributed by atoms with van der Waals surface area (Å²) in [6.07, 6.45) is 7.95. The molecule has 6 rings (SSSR count). The maximum atomic E-state index is 14.6. The third-order valence-electron chi connectivity index (χ3n) is 7.83. The van der Waals surface area contributed by atoms with Crippen molar-refractivity contribution in [2.45, 2.75) is 25.7 Å². The molecule has 4 heterocycles. The molecule has 6 nitrogen and oxygen atoms in total. The second-order valence-corrected chi connectivity index (χ2v) is 10.4. The highest BCUT2D eigenvalue weighted by atomic mass is 19.1. The van der Waals surface area contributed by atoms with Gasteiger partial charge in [-0.25, -0.2) is 8.78 Å². The number of piperidine rings is 1. The summed E-state index contributed by atoms with van der Waals surface area (Å²) in [4.78, 5) is 33.7. The Morgan fingerprint density at radius 3 is 2.55 bits per heavy atom. The molecule has 196 valence electrons. The van der Waals surface area contributed by atoms with Crippen molar-refractivity contribution < 1.29 is 18.4 Å². The summed E-state index contributed by atoms with van der Waals surface area (Å²) in [7, 11) is 0. The van der Waals surface area contributed by atoms with Crippen molar-refractivity contribution in [1.29, 1.82) is 0 Å². The first-order valence-corrected chi connectivity index (χ1v) is 13.3. The summed E-state index contributed by atoms with van der Waals surface area (Å²) in [5.74, 6) is -1.30. The SMILES string of the molecule is O=C1Nc2cccc(-c3c(F)cccc3F)c2/C1=C/c1cc(C(=O)N2CCCC(CN3CCCC3)C2)c[nH]1. The lowest BCUT2D eigenvalue weighted by molar-refractivity contribution is -0.110. The molecule has 1 aromatic heterocycles. The van der Waals surface area contributed by atoms with E-state index in [0.29, 0.717) is 34.0 Å². The number of fused-ring (bicyclic) bond motifs is 1. The standard InChI is InChI=1S/C30H30F2N4O2/c31-24-8-4-9-25(32)28(24)22-7-3-10-26-27(22)23(29(37)34-26)15-21-14-20(16-33-21)30(38)36-13-5-6-19(18-36)17-35-11-1-2-12-35/h3-4,7-10,14-16,19,33H,1-2,5-6,11-13,17-18H2,(H,34,37)/b23-15-. The topological polar surface area (TPSA) is 68.4 Å². The molecule has 2 aromatic carbocycles. The van der Waals surface area contributed by atoms with Gasteiger partial charge in [0.1, 0.15) is 11.6 Å². The molecule has 0 radical (unpaired) electrons. The average Bonchev–Trinajstić information content (AvgIpc) is 3.66. The van der Waals surface area contributed by atoms with Crippen LogP contribution in [-0.2, 0) is 4.79 Å². The van der Waals surface area contributed by atoms with Gasteiger partial charge in [0, 0.05) is 42.8 Å². The Bertz CT molecular complexity index is 1400. The van der Waals surface area contributed by atoms with Gasteiger partial charge in [0.2, 0.25) is 0 Å². The third kappa shape index (κ3) is 4.65. The molecule has 2 amide bonds. The Balaban J connectivity index is 1.25. The second kappa shape index (κ2) is 10.2. The van der Waals surface area contributed by atoms with Gasteiger partial charge in [0.05, 0.1) is 16.7 Å². The van der Waals surface area contributed by atoms with Crippen LogP contribution in [0.2, 0.25) is 0 Å². The van der Waals surface area contributed by atoms with Crippen molar-refractivity contribution in [3.63, 3.8) is 0 Å². The van der Waals surface area contributed by atoms with Gasteiger partial charge in [-0.2, -0.15) is 0 Å². The van der Waals surface area contributed by atoms with Gasteiger partial charge in [0.15, 0.2) is 0 Å². The lowest BCUT2D eigenvalue weighted by Crippen LogP contribution is -2.43. The van der Waals surface area contributed by atoms with Crippen molar-refractivity contribution in [1.82, 2.24) is 14.8 Å². The van der Waals surface area contributed by atoms with Gasteiger partial charge in [-0.15, -0.1) is 0 Å². The number of anilines is 1. The van der Waals surface area contributed by atoms with Crippen LogP contribution in [0.5, 0.6) is 0 Å². The smallest absolute Gasteiger partial charge is 0.256 e. The van der Waals surface area contributed by atoms with Gasteiger partial charge >= 0.3 is 0 Å². The Kier molecular flexibility index (Phi) is 6.57. The first kappa shape index (κ1) is 24.6. The number of H-pyrrole nitrogens is 1. The van der Waals surface area contributed by atoms with E-state index < -0.39 is 11.6 Å². The van der Waals surface area contributed by atoms with E-state index in [4.69, 9.17) is 0 Å². The Morgan fingerprint density at radius 2 is 1.76 bits per heavy atom. The van der Waals surface area contributed by atoms with Crippen molar-refractivity contribution in [2.24, 2.45) is 5.92 Å². The molecule has 3 aliphatic rings. The fourth-order valence-corrected chi connectivity index (χ4v) is 6.04. The van der Waals surface area contributed by atoms with Crippen LogP contribution >= 0.6 is 0 Å². The van der Waals surface area contributed by atoms with Crippen molar-refractivity contribution in [2.75, 3.05) is 38.0 Å². The predicted octanol–water partition coefficient (Wildman–Crippen LogP) is 5.40. The highest BCUT2D eigenvalue weighted by Crippen LogP contribution is 2.41. The fourth-order valence-electron chi connectivity index (χ4n) is 6.04. The molecule has 3 aliphatic heterocycles. The molecule has 0 spiro atoms. The van der Waals surface area contributed by atoms with E-state index in [1.165, 1.54) is 31.0 Å². The average molecular weight is 517 g/mol. The van der Waals surface area contributed by atoms with Crippen LogP contribution in [0.25, 0.3) is 22.8 Å². The van der Waals surface area contributed by atoms with E-state index in [0.717, 1.165) is 45.6 Å². The Morgan fingerprint density at radius 1 is 1.00 bits per heavy atom. The molecule has 2 fully saturated rings. The lowest BCUT2D eigenvalue weighted by atomic mass is 9.93. The van der Waals surface area contributed by atoms with Gasteiger partial charge in [-0.05, 0) is 80.6 Å². The molecule has 0 bridgehead atoms. The molecule has 0 aliphatic carbocycles. The quantitative estimate of drug-likeness (QED) is 0.446. The third-order valence-corrected chi connectivity index (χ3v) is 7.83. The number of carbonyl (C=O) groups is 2. The number of likely N-dealkylation sites (tertiary alicyclic amines) is 2. The van der Waals surface area contributed by atoms with E-state index in [1.807, 2.05) is 4.90 Å². The number of aromatic nitrogens is 1. The molecule has 8 heteroatoms. The number of halogens is 2. The molecular formula is C30H30F2N4O2. The van der Waals surface area contributed by atoms with Gasteiger partial charge in [0.25, 0.3) is 11.8 Å². The van der Waals surface area contributed by atoms with Crippen LogP contribution in [0.4, 0.5) is 14.5 Å². The van der Waals surface area contributed by atoms with Crippen LogP contribution in [-0.4, -0.2) is 59.3 Å². The minimum absolute atomic E-state index is 0.0255. The van der Waals surface area contributed by atoms with Crippen molar-refractivity contribution >= 4 is 29.2 Å². The minimum atomic E-state index is -0.700. The van der Waals surface area contributed by atoms with E-state index in [9.17, 15) is 18.4 Å². The van der Waals surface area contributed by atoms with Crippen LogP contribution in [0.1, 0.15) is 47.3 Å². The first-order chi connectivity index (χ1) is 18.5. The number of nitrogens with one attached hydrogen (secondary N) is 2. The largest absolute Gasteiger partial charge is 0.361 e. The normalized spacial score (nSPS) is 20.7. The molecule has 2 saturated heterocycles. The van der Waals surface area contributed by atoms with Crippen LogP contribution in [0.15, 0.2) is 48.7 Å². The number of aromatic amines is 1. The summed E-state index contributed by atoms with van der Waals surface area (Å²) in [6, 6.07) is 10.4. The van der Waals surface area contributed by atoms with Gasteiger partial charge in [-0.1, -0.05) is 18.2 Å². The van der Waals surface area contributed by atoms with Crippen LogP contribution in [0, 0.1) is 17.6 Å². The number of amides is 2. The summed E-state index contributed by atoms with van der Waals surface area (Å²) in [6.45, 7) is 4.85. The number of hydrogen-bond acceptors (Lipinski definition) is 3. The van der Waals surface area contributed by atoms with Gasteiger partial charge < -0.3 is 20.1 Å². The van der Waals surface area contributed by atoms with E-state index in [1.54, 1.807) is 36.5 Å². The molecule has 2 N–H and O–H groups in total. The number of hydrogen-bond donors (Lipinski definition) is 2. The molecule has 38 heavy (non-hydrogen) atoms.